The summed E-state index contributed by atoms with van der Waals surface area (Å²) in [7, 11) is 0. The topological polar surface area (TPSA) is 12.5 Å². The molecule has 1 unspecified atom stereocenters. The maximum absolute atomic E-state index is 5.38. The third-order valence-electron chi connectivity index (χ3n) is 4.05. The molecule has 0 amide bonds. The van der Waals surface area contributed by atoms with Crippen molar-refractivity contribution in [1.29, 1.82) is 0 Å². The van der Waals surface area contributed by atoms with Gasteiger partial charge in [-0.1, -0.05) is 51.0 Å². The number of nitrogens with zero attached hydrogens (tertiary/aromatic N) is 1. The van der Waals surface area contributed by atoms with Gasteiger partial charge in [-0.15, -0.1) is 0 Å². The van der Waals surface area contributed by atoms with Crippen LogP contribution in [0.5, 0.6) is 0 Å². The Morgan fingerprint density at radius 3 is 2.47 bits per heavy atom. The normalized spacial score (nSPS) is 18.4. The summed E-state index contributed by atoms with van der Waals surface area (Å²) in [5.41, 5.74) is 2.91. The molecule has 1 aliphatic rings. The fraction of sp³-hybridized carbons (Fsp3) is 0.647. The Morgan fingerprint density at radius 1 is 1.16 bits per heavy atom. The summed E-state index contributed by atoms with van der Waals surface area (Å²) in [6.07, 6.45) is 3.93. The van der Waals surface area contributed by atoms with E-state index in [2.05, 4.69) is 43.0 Å². The van der Waals surface area contributed by atoms with Crippen LogP contribution in [0.2, 0.25) is 0 Å². The summed E-state index contributed by atoms with van der Waals surface area (Å²) in [5.74, 6) is 0.692. The molecule has 1 aliphatic heterocycles. The van der Waals surface area contributed by atoms with Gasteiger partial charge < -0.3 is 4.74 Å². The second-order valence-electron chi connectivity index (χ2n) is 5.67. The molecule has 19 heavy (non-hydrogen) atoms. The quantitative estimate of drug-likeness (QED) is 0.772. The number of morpholine rings is 1. The van der Waals surface area contributed by atoms with Gasteiger partial charge in [-0.2, -0.15) is 0 Å². The molecule has 0 radical (unpaired) electrons. The molecule has 1 heterocycles. The number of rotatable bonds is 6. The average molecular weight is 261 g/mol. The smallest absolute Gasteiger partial charge is 0.0594 e. The van der Waals surface area contributed by atoms with Gasteiger partial charge in [0.05, 0.1) is 13.2 Å². The lowest BCUT2D eigenvalue weighted by Crippen LogP contribution is -2.35. The van der Waals surface area contributed by atoms with Crippen LogP contribution in [0.4, 0.5) is 0 Å². The molecule has 1 aromatic carbocycles. The molecule has 0 N–H and O–H groups in total. The molecule has 2 rings (SSSR count). The van der Waals surface area contributed by atoms with Crippen LogP contribution in [0, 0.1) is 0 Å². The molecular formula is C17H27NO. The molecule has 0 spiro atoms. The summed E-state index contributed by atoms with van der Waals surface area (Å²) in [4.78, 5) is 2.47. The van der Waals surface area contributed by atoms with Gasteiger partial charge in [-0.3, -0.25) is 4.90 Å². The first-order valence-corrected chi connectivity index (χ1v) is 7.68. The Kier molecular flexibility index (Phi) is 5.87. The largest absolute Gasteiger partial charge is 0.379 e. The van der Waals surface area contributed by atoms with E-state index in [0.29, 0.717) is 5.92 Å². The van der Waals surface area contributed by atoms with Crippen molar-refractivity contribution < 1.29 is 4.74 Å². The third kappa shape index (κ3) is 4.63. The Morgan fingerprint density at radius 2 is 1.84 bits per heavy atom. The fourth-order valence-electron chi connectivity index (χ4n) is 2.65. The molecule has 0 bridgehead atoms. The van der Waals surface area contributed by atoms with Crippen molar-refractivity contribution >= 4 is 0 Å². The zero-order valence-corrected chi connectivity index (χ0v) is 12.4. The van der Waals surface area contributed by atoms with Crippen LogP contribution in [0.3, 0.4) is 0 Å². The maximum atomic E-state index is 5.38. The van der Waals surface area contributed by atoms with Gasteiger partial charge in [-0.25, -0.2) is 0 Å². The van der Waals surface area contributed by atoms with Crippen LogP contribution in [0.25, 0.3) is 0 Å². The van der Waals surface area contributed by atoms with Crippen molar-refractivity contribution in [2.45, 2.75) is 45.6 Å². The van der Waals surface area contributed by atoms with E-state index in [4.69, 9.17) is 4.74 Å². The van der Waals surface area contributed by atoms with Gasteiger partial charge in [0.2, 0.25) is 0 Å². The van der Waals surface area contributed by atoms with E-state index in [9.17, 15) is 0 Å². The predicted octanol–water partition coefficient (Wildman–Crippen LogP) is 3.81. The molecule has 1 fully saturated rings. The highest BCUT2D eigenvalue weighted by molar-refractivity contribution is 5.25. The lowest BCUT2D eigenvalue weighted by molar-refractivity contribution is 0.0342. The minimum Gasteiger partial charge on any atom is -0.379 e. The monoisotopic (exact) mass is 261 g/mol. The highest BCUT2D eigenvalue weighted by Crippen LogP contribution is 2.22. The van der Waals surface area contributed by atoms with Crippen LogP contribution in [0.1, 0.15) is 50.2 Å². The van der Waals surface area contributed by atoms with Gasteiger partial charge in [-0.05, 0) is 23.5 Å². The molecule has 106 valence electrons. The third-order valence-corrected chi connectivity index (χ3v) is 4.05. The Balaban J connectivity index is 1.86. The predicted molar refractivity (Wildman–Crippen MR) is 80.5 cm³/mol. The number of hydrogen-bond acceptors (Lipinski definition) is 2. The van der Waals surface area contributed by atoms with Crippen molar-refractivity contribution in [1.82, 2.24) is 4.90 Å². The zero-order valence-electron chi connectivity index (χ0n) is 12.4. The summed E-state index contributed by atoms with van der Waals surface area (Å²) >= 11 is 0. The highest BCUT2D eigenvalue weighted by atomic mass is 16.5. The van der Waals surface area contributed by atoms with Gasteiger partial charge in [0.15, 0.2) is 0 Å². The number of ether oxygens (including phenoxy) is 1. The van der Waals surface area contributed by atoms with Crippen molar-refractivity contribution in [2.75, 3.05) is 26.3 Å². The average Bonchev–Trinajstić information content (AvgIpc) is 2.46. The van der Waals surface area contributed by atoms with E-state index in [1.807, 2.05) is 0 Å². The second-order valence-corrected chi connectivity index (χ2v) is 5.67. The molecule has 2 nitrogen and oxygen atoms in total. The summed E-state index contributed by atoms with van der Waals surface area (Å²) in [5, 5.41) is 0. The Hall–Kier alpha value is -0.860. The van der Waals surface area contributed by atoms with Crippen LogP contribution in [0.15, 0.2) is 24.3 Å². The standard InChI is InChI=1S/C17H27NO/c1-3-4-5-15(2)17-8-6-16(7-9-17)14-18-10-12-19-13-11-18/h6-9,15H,3-5,10-14H2,1-2H3. The van der Waals surface area contributed by atoms with E-state index in [1.54, 1.807) is 0 Å². The molecule has 0 saturated carbocycles. The summed E-state index contributed by atoms with van der Waals surface area (Å²) in [6.45, 7) is 9.55. The first kappa shape index (κ1) is 14.5. The number of hydrogen-bond donors (Lipinski definition) is 0. The van der Waals surface area contributed by atoms with E-state index in [-0.39, 0.29) is 0 Å². The summed E-state index contributed by atoms with van der Waals surface area (Å²) in [6, 6.07) is 9.23. The van der Waals surface area contributed by atoms with Crippen LogP contribution < -0.4 is 0 Å². The molecule has 1 atom stereocenters. The second kappa shape index (κ2) is 7.66. The van der Waals surface area contributed by atoms with Crippen molar-refractivity contribution in [3.8, 4) is 0 Å². The lowest BCUT2D eigenvalue weighted by atomic mass is 9.95. The SMILES string of the molecule is CCCCC(C)c1ccc(CN2CCOCC2)cc1. The first-order valence-electron chi connectivity index (χ1n) is 7.68. The summed E-state index contributed by atoms with van der Waals surface area (Å²) < 4.78 is 5.38. The minimum absolute atomic E-state index is 0.692. The highest BCUT2D eigenvalue weighted by Gasteiger charge is 2.11. The number of unbranched alkanes of at least 4 members (excludes halogenated alkanes) is 1. The Bertz CT molecular complexity index is 354. The van der Waals surface area contributed by atoms with Crippen LogP contribution in [-0.4, -0.2) is 31.2 Å². The molecule has 2 heteroatoms. The van der Waals surface area contributed by atoms with Crippen LogP contribution in [-0.2, 0) is 11.3 Å². The van der Waals surface area contributed by atoms with Gasteiger partial charge in [0.1, 0.15) is 0 Å². The molecule has 1 saturated heterocycles. The Labute approximate surface area is 117 Å². The van der Waals surface area contributed by atoms with Gasteiger partial charge >= 0.3 is 0 Å². The van der Waals surface area contributed by atoms with E-state index in [1.165, 1.54) is 30.4 Å². The first-order chi connectivity index (χ1) is 9.29. The van der Waals surface area contributed by atoms with Gasteiger partial charge in [0, 0.05) is 19.6 Å². The van der Waals surface area contributed by atoms with Crippen molar-refractivity contribution in [3.63, 3.8) is 0 Å². The van der Waals surface area contributed by atoms with Crippen molar-refractivity contribution in [3.05, 3.63) is 35.4 Å². The molecule has 0 aliphatic carbocycles. The van der Waals surface area contributed by atoms with Crippen molar-refractivity contribution in [2.24, 2.45) is 0 Å². The minimum atomic E-state index is 0.692. The number of benzene rings is 1. The van der Waals surface area contributed by atoms with E-state index >= 15 is 0 Å². The fourth-order valence-corrected chi connectivity index (χ4v) is 2.65. The van der Waals surface area contributed by atoms with E-state index < -0.39 is 0 Å². The maximum Gasteiger partial charge on any atom is 0.0594 e. The molecule has 1 aromatic rings. The van der Waals surface area contributed by atoms with E-state index in [0.717, 1.165) is 32.8 Å². The molecule has 0 aromatic heterocycles. The zero-order chi connectivity index (χ0) is 13.5. The molecular weight excluding hydrogens is 234 g/mol. The van der Waals surface area contributed by atoms with Gasteiger partial charge in [0.25, 0.3) is 0 Å². The van der Waals surface area contributed by atoms with Crippen LogP contribution >= 0.6 is 0 Å². The lowest BCUT2D eigenvalue weighted by Gasteiger charge is -2.26.